The van der Waals surface area contributed by atoms with E-state index in [1.807, 2.05) is 6.92 Å². The van der Waals surface area contributed by atoms with E-state index in [9.17, 15) is 13.2 Å². The van der Waals surface area contributed by atoms with Gasteiger partial charge in [0.25, 0.3) is 0 Å². The highest BCUT2D eigenvalue weighted by molar-refractivity contribution is 7.91. The van der Waals surface area contributed by atoms with Crippen molar-refractivity contribution in [3.8, 4) is 0 Å². The molecule has 0 aromatic carbocycles. The van der Waals surface area contributed by atoms with Gasteiger partial charge in [0, 0.05) is 5.92 Å². The molecule has 1 aliphatic carbocycles. The first-order valence-electron chi connectivity index (χ1n) is 6.04. The molecule has 1 N–H and O–H groups in total. The van der Waals surface area contributed by atoms with Gasteiger partial charge in [0.1, 0.15) is 0 Å². The average molecular weight is 274 g/mol. The first-order valence-corrected chi connectivity index (χ1v) is 7.86. The molecule has 1 saturated heterocycles. The molecule has 0 aromatic heterocycles. The van der Waals surface area contributed by atoms with Crippen LogP contribution in [0, 0.1) is 5.92 Å². The topological polar surface area (TPSA) is 84.8 Å². The van der Waals surface area contributed by atoms with Gasteiger partial charge in [0.05, 0.1) is 22.8 Å². The van der Waals surface area contributed by atoms with Crippen molar-refractivity contribution in [2.24, 2.45) is 11.1 Å². The Kier molecular flexibility index (Phi) is 3.35. The van der Waals surface area contributed by atoms with Crippen LogP contribution in [-0.2, 0) is 14.7 Å². The van der Waals surface area contributed by atoms with Crippen LogP contribution in [0.1, 0.15) is 33.1 Å². The molecule has 102 valence electrons. The summed E-state index contributed by atoms with van der Waals surface area (Å²) in [7, 11) is -3.04. The lowest BCUT2D eigenvalue weighted by atomic mass is 10.0. The molecular weight excluding hydrogens is 256 g/mol. The van der Waals surface area contributed by atoms with E-state index in [1.165, 1.54) is 0 Å². The standard InChI is InChI=1S/C11H18N2O4S/c1-8(9-3-4-9)13-17-10(14)12-11(2)5-6-18(15,16)7-11/h9H,3-7H2,1-2H3,(H,12,14)/b13-8+/t11-/m0/s1. The second-order valence-corrected chi connectivity index (χ2v) is 7.60. The quantitative estimate of drug-likeness (QED) is 0.474. The molecule has 2 rings (SSSR count). The van der Waals surface area contributed by atoms with Gasteiger partial charge in [-0.1, -0.05) is 5.16 Å². The molecule has 6 nitrogen and oxygen atoms in total. The van der Waals surface area contributed by atoms with Gasteiger partial charge in [-0.2, -0.15) is 0 Å². The molecule has 1 amide bonds. The number of sulfone groups is 1. The van der Waals surface area contributed by atoms with Crippen LogP contribution in [0.15, 0.2) is 5.16 Å². The van der Waals surface area contributed by atoms with Gasteiger partial charge in [0.15, 0.2) is 9.84 Å². The fourth-order valence-electron chi connectivity index (χ4n) is 2.07. The van der Waals surface area contributed by atoms with Crippen LogP contribution in [0.2, 0.25) is 0 Å². The van der Waals surface area contributed by atoms with Crippen LogP contribution in [-0.4, -0.2) is 37.3 Å². The molecule has 2 fully saturated rings. The van der Waals surface area contributed by atoms with E-state index in [1.54, 1.807) is 6.92 Å². The summed E-state index contributed by atoms with van der Waals surface area (Å²) < 4.78 is 22.7. The van der Waals surface area contributed by atoms with Crippen molar-refractivity contribution >= 4 is 21.6 Å². The van der Waals surface area contributed by atoms with E-state index >= 15 is 0 Å². The second-order valence-electron chi connectivity index (χ2n) is 5.41. The molecule has 0 unspecified atom stereocenters. The smallest absolute Gasteiger partial charge is 0.313 e. The molecule has 2 aliphatic rings. The molecule has 1 heterocycles. The number of carbonyl (C=O) groups excluding carboxylic acids is 1. The zero-order valence-corrected chi connectivity index (χ0v) is 11.4. The second kappa shape index (κ2) is 4.53. The van der Waals surface area contributed by atoms with E-state index in [-0.39, 0.29) is 11.5 Å². The summed E-state index contributed by atoms with van der Waals surface area (Å²) in [5.41, 5.74) is 0.0770. The normalized spacial score (nSPS) is 31.1. The Morgan fingerprint density at radius 1 is 1.44 bits per heavy atom. The Labute approximate surface area is 107 Å². The predicted molar refractivity (Wildman–Crippen MR) is 67.1 cm³/mol. The minimum atomic E-state index is -3.04. The SMILES string of the molecule is C/C(=N\OC(=O)N[C@@]1(C)CCS(=O)(=O)C1)C1CC1. The van der Waals surface area contributed by atoms with Crippen molar-refractivity contribution in [1.82, 2.24) is 5.32 Å². The minimum absolute atomic E-state index is 0.0412. The highest BCUT2D eigenvalue weighted by atomic mass is 32.2. The Hall–Kier alpha value is -1.11. The third kappa shape index (κ3) is 3.44. The number of rotatable bonds is 3. The number of oxime groups is 1. The molecule has 1 aliphatic heterocycles. The summed E-state index contributed by atoms with van der Waals surface area (Å²) in [5.74, 6) is 0.509. The fraction of sp³-hybridized carbons (Fsp3) is 0.818. The highest BCUT2D eigenvalue weighted by Gasteiger charge is 2.40. The van der Waals surface area contributed by atoms with Crippen molar-refractivity contribution in [1.29, 1.82) is 0 Å². The summed E-state index contributed by atoms with van der Waals surface area (Å²) in [6, 6.07) is 0. The van der Waals surface area contributed by atoms with E-state index in [2.05, 4.69) is 10.5 Å². The maximum Gasteiger partial charge on any atom is 0.433 e. The van der Waals surface area contributed by atoms with Crippen LogP contribution in [0.5, 0.6) is 0 Å². The Morgan fingerprint density at radius 2 is 2.11 bits per heavy atom. The van der Waals surface area contributed by atoms with E-state index in [0.717, 1.165) is 18.6 Å². The van der Waals surface area contributed by atoms with Crippen molar-refractivity contribution < 1.29 is 18.0 Å². The maximum atomic E-state index is 11.5. The summed E-state index contributed by atoms with van der Waals surface area (Å²) >= 11 is 0. The lowest BCUT2D eigenvalue weighted by molar-refractivity contribution is 0.140. The molecule has 1 saturated carbocycles. The monoisotopic (exact) mass is 274 g/mol. The lowest BCUT2D eigenvalue weighted by Gasteiger charge is -2.22. The predicted octanol–water partition coefficient (Wildman–Crippen LogP) is 1.08. The van der Waals surface area contributed by atoms with Crippen molar-refractivity contribution in [3.63, 3.8) is 0 Å². The van der Waals surface area contributed by atoms with Gasteiger partial charge >= 0.3 is 6.09 Å². The molecule has 0 bridgehead atoms. The summed E-state index contributed by atoms with van der Waals surface area (Å²) in [6.07, 6.45) is 1.91. The van der Waals surface area contributed by atoms with Gasteiger partial charge in [0.2, 0.25) is 0 Å². The van der Waals surface area contributed by atoms with Crippen LogP contribution >= 0.6 is 0 Å². The number of nitrogens with zero attached hydrogens (tertiary/aromatic N) is 1. The first kappa shape index (κ1) is 13.3. The third-order valence-electron chi connectivity index (χ3n) is 3.35. The molecular formula is C11H18N2O4S. The van der Waals surface area contributed by atoms with Crippen LogP contribution < -0.4 is 5.32 Å². The molecule has 1 atom stereocenters. The molecule has 0 spiro atoms. The summed E-state index contributed by atoms with van der Waals surface area (Å²) in [6.45, 7) is 3.53. The molecule has 7 heteroatoms. The number of nitrogens with one attached hydrogen (secondary N) is 1. The van der Waals surface area contributed by atoms with Gasteiger partial charge < -0.3 is 5.32 Å². The zero-order chi connectivity index (χ0) is 13.4. The van der Waals surface area contributed by atoms with Crippen LogP contribution in [0.4, 0.5) is 4.79 Å². The van der Waals surface area contributed by atoms with Crippen LogP contribution in [0.3, 0.4) is 0 Å². The summed E-state index contributed by atoms with van der Waals surface area (Å²) in [5, 5.41) is 6.33. The number of amides is 1. The summed E-state index contributed by atoms with van der Waals surface area (Å²) in [4.78, 5) is 16.3. The minimum Gasteiger partial charge on any atom is -0.313 e. The Bertz CT molecular complexity index is 481. The van der Waals surface area contributed by atoms with Crippen LogP contribution in [0.25, 0.3) is 0 Å². The lowest BCUT2D eigenvalue weighted by Crippen LogP contribution is -2.46. The largest absolute Gasteiger partial charge is 0.433 e. The van der Waals surface area contributed by atoms with Gasteiger partial charge in [-0.3, -0.25) is 4.84 Å². The van der Waals surface area contributed by atoms with E-state index < -0.39 is 21.5 Å². The number of carbonyl (C=O) groups is 1. The van der Waals surface area contributed by atoms with Gasteiger partial charge in [-0.15, -0.1) is 0 Å². The van der Waals surface area contributed by atoms with E-state index in [4.69, 9.17) is 4.84 Å². The molecule has 0 aromatic rings. The Morgan fingerprint density at radius 3 is 2.61 bits per heavy atom. The van der Waals surface area contributed by atoms with Crippen molar-refractivity contribution in [3.05, 3.63) is 0 Å². The van der Waals surface area contributed by atoms with Crippen molar-refractivity contribution in [2.75, 3.05) is 11.5 Å². The molecule has 18 heavy (non-hydrogen) atoms. The maximum absolute atomic E-state index is 11.5. The van der Waals surface area contributed by atoms with Gasteiger partial charge in [-0.05, 0) is 33.1 Å². The van der Waals surface area contributed by atoms with Gasteiger partial charge in [-0.25, -0.2) is 13.2 Å². The first-order chi connectivity index (χ1) is 8.30. The zero-order valence-electron chi connectivity index (χ0n) is 10.6. The molecule has 0 radical (unpaired) electrons. The van der Waals surface area contributed by atoms with E-state index in [0.29, 0.717) is 12.3 Å². The fourth-order valence-corrected chi connectivity index (χ4v) is 4.16. The Balaban J connectivity index is 1.86. The number of hydrogen-bond donors (Lipinski definition) is 1. The third-order valence-corrected chi connectivity index (χ3v) is 5.25. The van der Waals surface area contributed by atoms with Crippen molar-refractivity contribution in [2.45, 2.75) is 38.6 Å². The highest BCUT2D eigenvalue weighted by Crippen LogP contribution is 2.30. The average Bonchev–Trinajstić information content (AvgIpc) is 3.03. The number of hydrogen-bond acceptors (Lipinski definition) is 5.